The summed E-state index contributed by atoms with van der Waals surface area (Å²) in [5.41, 5.74) is -1.20. The average Bonchev–Trinajstić information content (AvgIpc) is 2.67. The van der Waals surface area contributed by atoms with E-state index in [2.05, 4.69) is 0 Å². The minimum Gasteiger partial charge on any atom is -0.394 e. The summed E-state index contributed by atoms with van der Waals surface area (Å²) in [6, 6.07) is 0. The van der Waals surface area contributed by atoms with Crippen LogP contribution in [0.15, 0.2) is 0 Å². The van der Waals surface area contributed by atoms with Crippen molar-refractivity contribution in [2.24, 2.45) is 5.41 Å². The van der Waals surface area contributed by atoms with E-state index >= 15 is 0 Å². The Morgan fingerprint density at radius 2 is 1.62 bits per heavy atom. The monoisotopic (exact) mass is 295 g/mol. The quantitative estimate of drug-likeness (QED) is 0.786. The van der Waals surface area contributed by atoms with Gasteiger partial charge in [0.1, 0.15) is 0 Å². The number of hydrogen-bond acceptors (Lipinski definition) is 4. The van der Waals surface area contributed by atoms with Crippen molar-refractivity contribution in [2.45, 2.75) is 63.3 Å². The smallest absolute Gasteiger partial charge is 0.236 e. The van der Waals surface area contributed by atoms with Crippen molar-refractivity contribution >= 4 is 11.8 Å². The average molecular weight is 295 g/mol. The number of imide groups is 1. The first kappa shape index (κ1) is 15.0. The molecule has 1 N–H and O–H groups in total. The molecule has 1 spiro atoms. The molecule has 0 atom stereocenters. The molecule has 1 saturated carbocycles. The third-order valence-corrected chi connectivity index (χ3v) is 5.65. The fourth-order valence-corrected chi connectivity index (χ4v) is 4.27. The minimum atomic E-state index is -0.720. The second-order valence-electron chi connectivity index (χ2n) is 6.90. The van der Waals surface area contributed by atoms with E-state index in [4.69, 9.17) is 4.74 Å². The van der Waals surface area contributed by atoms with Gasteiger partial charge in [-0.1, -0.05) is 25.7 Å². The molecule has 118 valence electrons. The number of hydrogen-bond donors (Lipinski definition) is 1. The number of carbonyl (C=O) groups excluding carboxylic acids is 2. The van der Waals surface area contributed by atoms with Crippen LogP contribution in [-0.2, 0) is 14.3 Å². The minimum absolute atomic E-state index is 0.0228. The Kier molecular flexibility index (Phi) is 4.06. The van der Waals surface area contributed by atoms with E-state index in [1.807, 2.05) is 0 Å². The molecular weight excluding hydrogens is 270 g/mol. The Balaban J connectivity index is 1.89. The zero-order valence-electron chi connectivity index (χ0n) is 12.6. The predicted molar refractivity (Wildman–Crippen MR) is 76.5 cm³/mol. The Bertz CT molecular complexity index is 420. The van der Waals surface area contributed by atoms with Crippen LogP contribution in [-0.4, -0.2) is 47.2 Å². The number of amides is 2. The van der Waals surface area contributed by atoms with Crippen LogP contribution in [0.4, 0.5) is 0 Å². The summed E-state index contributed by atoms with van der Waals surface area (Å²) < 4.78 is 5.35. The first-order valence-electron chi connectivity index (χ1n) is 8.20. The lowest BCUT2D eigenvalue weighted by molar-refractivity contribution is -0.156. The van der Waals surface area contributed by atoms with E-state index in [9.17, 15) is 14.7 Å². The highest BCUT2D eigenvalue weighted by atomic mass is 16.5. The predicted octanol–water partition coefficient (Wildman–Crippen LogP) is 1.63. The van der Waals surface area contributed by atoms with Crippen molar-refractivity contribution in [1.82, 2.24) is 4.90 Å². The maximum atomic E-state index is 13.1. The van der Waals surface area contributed by atoms with Crippen LogP contribution >= 0.6 is 0 Å². The molecule has 5 nitrogen and oxygen atoms in total. The number of likely N-dealkylation sites (tertiary alicyclic amines) is 1. The van der Waals surface area contributed by atoms with Gasteiger partial charge in [0, 0.05) is 19.6 Å². The maximum absolute atomic E-state index is 13.1. The lowest BCUT2D eigenvalue weighted by Crippen LogP contribution is -2.58. The highest BCUT2D eigenvalue weighted by Crippen LogP contribution is 2.47. The van der Waals surface area contributed by atoms with Gasteiger partial charge in [-0.3, -0.25) is 14.5 Å². The molecule has 0 aromatic rings. The first-order valence-corrected chi connectivity index (χ1v) is 8.20. The molecule has 2 amide bonds. The molecular formula is C16H25NO4. The van der Waals surface area contributed by atoms with Crippen molar-refractivity contribution in [1.29, 1.82) is 0 Å². The molecule has 21 heavy (non-hydrogen) atoms. The molecule has 3 aliphatic rings. The number of carbonyl (C=O) groups is 2. The molecule has 3 fully saturated rings. The van der Waals surface area contributed by atoms with E-state index in [1.54, 1.807) is 0 Å². The standard InChI is InChI=1S/C16H25NO4/c18-12-16(7-9-21-10-8-16)17-13(19)11-15(14(17)20)5-3-1-2-4-6-15/h18H,1-12H2. The van der Waals surface area contributed by atoms with Crippen LogP contribution in [0.3, 0.4) is 0 Å². The summed E-state index contributed by atoms with van der Waals surface area (Å²) in [4.78, 5) is 27.1. The fraction of sp³-hybridized carbons (Fsp3) is 0.875. The van der Waals surface area contributed by atoms with E-state index in [-0.39, 0.29) is 18.4 Å². The number of aliphatic hydroxyl groups is 1. The van der Waals surface area contributed by atoms with E-state index in [0.29, 0.717) is 32.5 Å². The first-order chi connectivity index (χ1) is 10.1. The Hall–Kier alpha value is -0.940. The van der Waals surface area contributed by atoms with Crippen molar-refractivity contribution in [3.05, 3.63) is 0 Å². The Morgan fingerprint density at radius 1 is 1.00 bits per heavy atom. The second kappa shape index (κ2) is 5.69. The molecule has 0 aromatic carbocycles. The summed E-state index contributed by atoms with van der Waals surface area (Å²) in [5, 5.41) is 9.88. The number of aliphatic hydroxyl groups excluding tert-OH is 1. The number of nitrogens with zero attached hydrogens (tertiary/aromatic N) is 1. The van der Waals surface area contributed by atoms with Gasteiger partial charge in [0.15, 0.2) is 0 Å². The van der Waals surface area contributed by atoms with Crippen LogP contribution in [0.1, 0.15) is 57.8 Å². The highest BCUT2D eigenvalue weighted by Gasteiger charge is 2.57. The SMILES string of the molecule is O=C1CC2(CCCCCC2)C(=O)N1C1(CO)CCOCC1. The van der Waals surface area contributed by atoms with Crippen molar-refractivity contribution in [3.63, 3.8) is 0 Å². The summed E-state index contributed by atoms with van der Waals surface area (Å²) in [6.07, 6.45) is 7.47. The molecule has 2 saturated heterocycles. The molecule has 2 aliphatic heterocycles. The van der Waals surface area contributed by atoms with Crippen LogP contribution in [0.2, 0.25) is 0 Å². The summed E-state index contributed by atoms with van der Waals surface area (Å²) >= 11 is 0. The van der Waals surface area contributed by atoms with Crippen LogP contribution < -0.4 is 0 Å². The fourth-order valence-electron chi connectivity index (χ4n) is 4.27. The van der Waals surface area contributed by atoms with Gasteiger partial charge >= 0.3 is 0 Å². The highest BCUT2D eigenvalue weighted by molar-refractivity contribution is 6.06. The van der Waals surface area contributed by atoms with Gasteiger partial charge in [-0.25, -0.2) is 0 Å². The molecule has 0 aromatic heterocycles. The van der Waals surface area contributed by atoms with Gasteiger partial charge in [0.05, 0.1) is 17.6 Å². The molecule has 0 radical (unpaired) electrons. The molecule has 5 heteroatoms. The summed E-state index contributed by atoms with van der Waals surface area (Å²) in [7, 11) is 0. The normalized spacial score (nSPS) is 28.9. The zero-order chi connectivity index (χ0) is 14.9. The number of rotatable bonds is 2. The van der Waals surface area contributed by atoms with Gasteiger partial charge < -0.3 is 9.84 Å². The van der Waals surface area contributed by atoms with Crippen molar-refractivity contribution in [3.8, 4) is 0 Å². The largest absolute Gasteiger partial charge is 0.394 e. The molecule has 0 unspecified atom stereocenters. The number of ether oxygens (including phenoxy) is 1. The summed E-state index contributed by atoms with van der Waals surface area (Å²) in [5.74, 6) is -0.108. The molecule has 1 aliphatic carbocycles. The third kappa shape index (κ3) is 2.40. The Morgan fingerprint density at radius 3 is 2.19 bits per heavy atom. The Labute approximate surface area is 125 Å². The second-order valence-corrected chi connectivity index (χ2v) is 6.90. The van der Waals surface area contributed by atoms with Gasteiger partial charge in [0.25, 0.3) is 0 Å². The van der Waals surface area contributed by atoms with E-state index in [1.165, 1.54) is 4.90 Å². The van der Waals surface area contributed by atoms with Gasteiger partial charge in [-0.2, -0.15) is 0 Å². The van der Waals surface area contributed by atoms with Gasteiger partial charge in [-0.05, 0) is 25.7 Å². The van der Waals surface area contributed by atoms with E-state index in [0.717, 1.165) is 38.5 Å². The van der Waals surface area contributed by atoms with Gasteiger partial charge in [-0.15, -0.1) is 0 Å². The lowest BCUT2D eigenvalue weighted by Gasteiger charge is -2.42. The zero-order valence-corrected chi connectivity index (χ0v) is 12.6. The molecule has 0 bridgehead atoms. The third-order valence-electron chi connectivity index (χ3n) is 5.65. The maximum Gasteiger partial charge on any atom is 0.236 e. The topological polar surface area (TPSA) is 66.8 Å². The van der Waals surface area contributed by atoms with Crippen molar-refractivity contribution in [2.75, 3.05) is 19.8 Å². The molecule has 3 rings (SSSR count). The van der Waals surface area contributed by atoms with E-state index < -0.39 is 11.0 Å². The van der Waals surface area contributed by atoms with Crippen LogP contribution in [0, 0.1) is 5.41 Å². The van der Waals surface area contributed by atoms with Crippen molar-refractivity contribution < 1.29 is 19.4 Å². The molecule has 2 heterocycles. The van der Waals surface area contributed by atoms with Gasteiger partial charge in [0.2, 0.25) is 11.8 Å². The van der Waals surface area contributed by atoms with Crippen LogP contribution in [0.5, 0.6) is 0 Å². The summed E-state index contributed by atoms with van der Waals surface area (Å²) in [6.45, 7) is 0.860. The lowest BCUT2D eigenvalue weighted by atomic mass is 9.78. The van der Waals surface area contributed by atoms with Crippen LogP contribution in [0.25, 0.3) is 0 Å².